The van der Waals surface area contributed by atoms with Gasteiger partial charge in [0.25, 0.3) is 0 Å². The maximum atomic E-state index is 12.5. The molecule has 1 aliphatic rings. The lowest BCUT2D eigenvalue weighted by Gasteiger charge is -2.34. The molecule has 1 N–H and O–H groups in total. The number of nitrogens with zero attached hydrogens (tertiary/aromatic N) is 4. The molecule has 6 nitrogen and oxygen atoms in total. The fourth-order valence-corrected chi connectivity index (χ4v) is 3.32. The Balaban J connectivity index is 1.59. The fourth-order valence-electron chi connectivity index (χ4n) is 3.32. The molecule has 0 unspecified atom stereocenters. The first-order valence-electron chi connectivity index (χ1n) is 9.61. The van der Waals surface area contributed by atoms with Gasteiger partial charge in [0.15, 0.2) is 0 Å². The van der Waals surface area contributed by atoms with Crippen molar-refractivity contribution in [3.8, 4) is 0 Å². The Labute approximate surface area is 161 Å². The Hall–Kier alpha value is -2.60. The molecule has 27 heavy (non-hydrogen) atoms. The highest BCUT2D eigenvalue weighted by molar-refractivity contribution is 5.81. The normalized spacial score (nSPS) is 14.8. The summed E-state index contributed by atoms with van der Waals surface area (Å²) in [5, 5.41) is 3.06. The molecule has 2 aromatic rings. The van der Waals surface area contributed by atoms with Crippen molar-refractivity contribution < 1.29 is 4.79 Å². The van der Waals surface area contributed by atoms with Crippen LogP contribution in [-0.4, -0.2) is 62.1 Å². The van der Waals surface area contributed by atoms with E-state index in [0.717, 1.165) is 49.8 Å². The third-order valence-corrected chi connectivity index (χ3v) is 4.98. The molecule has 0 bridgehead atoms. The van der Waals surface area contributed by atoms with Crippen LogP contribution in [0.25, 0.3) is 0 Å². The molecule has 3 rings (SSSR count). The zero-order valence-corrected chi connectivity index (χ0v) is 16.3. The van der Waals surface area contributed by atoms with Gasteiger partial charge in [-0.3, -0.25) is 4.79 Å². The molecule has 144 valence electrons. The molecule has 0 atom stereocenters. The van der Waals surface area contributed by atoms with Crippen molar-refractivity contribution in [1.82, 2.24) is 15.2 Å². The summed E-state index contributed by atoms with van der Waals surface area (Å²) in [5.74, 6) is 1.01. The number of carbonyl (C=O) groups excluding carboxylic acids is 1. The summed E-state index contributed by atoms with van der Waals surface area (Å²) in [6.45, 7) is 7.70. The fraction of sp³-hybridized carbons (Fsp3) is 0.429. The molecule has 6 heteroatoms. The Morgan fingerprint density at radius 3 is 2.56 bits per heavy atom. The second-order valence-electron chi connectivity index (χ2n) is 6.90. The summed E-state index contributed by atoms with van der Waals surface area (Å²) in [6, 6.07) is 14.0. The molecule has 1 amide bonds. The lowest BCUT2D eigenvalue weighted by molar-refractivity contribution is -0.119. The smallest absolute Gasteiger partial charge is 0.239 e. The van der Waals surface area contributed by atoms with Crippen molar-refractivity contribution in [3.63, 3.8) is 0 Å². The minimum atomic E-state index is 0.0221. The van der Waals surface area contributed by atoms with Crippen molar-refractivity contribution in [3.05, 3.63) is 54.2 Å². The summed E-state index contributed by atoms with van der Waals surface area (Å²) in [4.78, 5) is 23.8. The molecule has 1 aromatic carbocycles. The third-order valence-electron chi connectivity index (χ3n) is 4.98. The predicted molar refractivity (Wildman–Crippen MR) is 110 cm³/mol. The van der Waals surface area contributed by atoms with Crippen molar-refractivity contribution in [1.29, 1.82) is 0 Å². The zero-order chi connectivity index (χ0) is 19.1. The van der Waals surface area contributed by atoms with E-state index in [1.807, 2.05) is 42.6 Å². The Morgan fingerprint density at radius 2 is 1.85 bits per heavy atom. The number of amides is 1. The van der Waals surface area contributed by atoms with Gasteiger partial charge in [-0.25, -0.2) is 4.98 Å². The minimum absolute atomic E-state index is 0.0221. The number of nitrogens with one attached hydrogen (secondary N) is 1. The van der Waals surface area contributed by atoms with E-state index in [0.29, 0.717) is 13.1 Å². The van der Waals surface area contributed by atoms with E-state index in [1.165, 1.54) is 0 Å². The molecule has 1 aromatic heterocycles. The van der Waals surface area contributed by atoms with Gasteiger partial charge in [-0.15, -0.1) is 0 Å². The lowest BCUT2D eigenvalue weighted by Crippen LogP contribution is -2.45. The monoisotopic (exact) mass is 367 g/mol. The summed E-state index contributed by atoms with van der Waals surface area (Å²) < 4.78 is 0. The van der Waals surface area contributed by atoms with E-state index in [2.05, 4.69) is 45.0 Å². The van der Waals surface area contributed by atoms with Crippen LogP contribution < -0.4 is 15.1 Å². The Morgan fingerprint density at radius 1 is 1.11 bits per heavy atom. The van der Waals surface area contributed by atoms with Gasteiger partial charge in [0.05, 0.1) is 6.54 Å². The number of aromatic nitrogens is 1. The summed E-state index contributed by atoms with van der Waals surface area (Å²) in [6.07, 6.45) is 1.83. The number of para-hydroxylation sites is 1. The topological polar surface area (TPSA) is 51.7 Å². The van der Waals surface area contributed by atoms with E-state index < -0.39 is 0 Å². The van der Waals surface area contributed by atoms with Crippen molar-refractivity contribution in [2.45, 2.75) is 13.5 Å². The molecule has 1 fully saturated rings. The number of hydrogen-bond acceptors (Lipinski definition) is 5. The van der Waals surface area contributed by atoms with Gasteiger partial charge < -0.3 is 20.0 Å². The van der Waals surface area contributed by atoms with E-state index in [1.54, 1.807) is 0 Å². The molecule has 1 saturated heterocycles. The van der Waals surface area contributed by atoms with Gasteiger partial charge in [0.2, 0.25) is 5.91 Å². The van der Waals surface area contributed by atoms with Gasteiger partial charge in [-0.05, 0) is 32.2 Å². The number of carbonyl (C=O) groups is 1. The van der Waals surface area contributed by atoms with Gasteiger partial charge in [0, 0.05) is 56.7 Å². The lowest BCUT2D eigenvalue weighted by atomic mass is 10.2. The van der Waals surface area contributed by atoms with Crippen LogP contribution >= 0.6 is 0 Å². The average Bonchev–Trinajstić information content (AvgIpc) is 2.72. The van der Waals surface area contributed by atoms with Crippen LogP contribution in [0.3, 0.4) is 0 Å². The van der Waals surface area contributed by atoms with E-state index >= 15 is 0 Å². The quantitative estimate of drug-likeness (QED) is 0.811. The number of anilines is 2. The molecular weight excluding hydrogens is 338 g/mol. The molecular formula is C21H29N5O. The largest absolute Gasteiger partial charge is 0.363 e. The molecule has 0 saturated carbocycles. The second kappa shape index (κ2) is 9.37. The van der Waals surface area contributed by atoms with Crippen molar-refractivity contribution in [2.24, 2.45) is 0 Å². The van der Waals surface area contributed by atoms with Crippen LogP contribution in [0, 0.1) is 0 Å². The Bertz CT molecular complexity index is 728. The van der Waals surface area contributed by atoms with Crippen LogP contribution in [0.5, 0.6) is 0 Å². The van der Waals surface area contributed by atoms with E-state index in [9.17, 15) is 4.79 Å². The van der Waals surface area contributed by atoms with Crippen LogP contribution in [0.2, 0.25) is 0 Å². The van der Waals surface area contributed by atoms with Crippen LogP contribution in [-0.2, 0) is 11.3 Å². The van der Waals surface area contributed by atoms with E-state index in [4.69, 9.17) is 0 Å². The van der Waals surface area contributed by atoms with Gasteiger partial charge in [-0.1, -0.05) is 24.3 Å². The summed E-state index contributed by atoms with van der Waals surface area (Å²) in [7, 11) is 2.14. The first-order valence-corrected chi connectivity index (χ1v) is 9.61. The number of benzene rings is 1. The highest BCUT2D eigenvalue weighted by atomic mass is 16.2. The SMILES string of the molecule is CCN(CC(=O)NCc1cccnc1N1CCN(C)CC1)c1ccccc1. The third kappa shape index (κ3) is 5.20. The van der Waals surface area contributed by atoms with Gasteiger partial charge >= 0.3 is 0 Å². The number of hydrogen-bond donors (Lipinski definition) is 1. The predicted octanol–water partition coefficient (Wildman–Crippen LogP) is 1.98. The molecule has 0 radical (unpaired) electrons. The zero-order valence-electron chi connectivity index (χ0n) is 16.3. The van der Waals surface area contributed by atoms with E-state index in [-0.39, 0.29) is 5.91 Å². The molecule has 0 spiro atoms. The highest BCUT2D eigenvalue weighted by Gasteiger charge is 2.18. The number of piperazine rings is 1. The second-order valence-corrected chi connectivity index (χ2v) is 6.90. The molecule has 0 aliphatic carbocycles. The molecule has 2 heterocycles. The maximum Gasteiger partial charge on any atom is 0.239 e. The molecule has 1 aliphatic heterocycles. The first-order chi connectivity index (χ1) is 13.2. The first kappa shape index (κ1) is 19.2. The number of rotatable bonds is 7. The number of likely N-dealkylation sites (N-methyl/N-ethyl adjacent to an activating group) is 2. The number of pyridine rings is 1. The van der Waals surface area contributed by atoms with Crippen LogP contribution in [0.1, 0.15) is 12.5 Å². The average molecular weight is 367 g/mol. The van der Waals surface area contributed by atoms with Crippen molar-refractivity contribution in [2.75, 3.05) is 56.1 Å². The highest BCUT2D eigenvalue weighted by Crippen LogP contribution is 2.18. The van der Waals surface area contributed by atoms with Crippen molar-refractivity contribution >= 4 is 17.4 Å². The summed E-state index contributed by atoms with van der Waals surface area (Å²) in [5.41, 5.74) is 2.13. The standard InChI is InChI=1S/C21H29N5O/c1-3-25(19-9-5-4-6-10-19)17-20(27)23-16-18-8-7-11-22-21(18)26-14-12-24(2)13-15-26/h4-11H,3,12-17H2,1-2H3,(H,23,27). The van der Waals surface area contributed by atoms with Crippen LogP contribution in [0.4, 0.5) is 11.5 Å². The Kier molecular flexibility index (Phi) is 6.65. The van der Waals surface area contributed by atoms with Crippen LogP contribution in [0.15, 0.2) is 48.7 Å². The van der Waals surface area contributed by atoms with Gasteiger partial charge in [-0.2, -0.15) is 0 Å². The summed E-state index contributed by atoms with van der Waals surface area (Å²) >= 11 is 0. The van der Waals surface area contributed by atoms with Gasteiger partial charge in [0.1, 0.15) is 5.82 Å². The maximum absolute atomic E-state index is 12.5. The minimum Gasteiger partial charge on any atom is -0.363 e.